The topological polar surface area (TPSA) is 50.3 Å². The first-order valence-corrected chi connectivity index (χ1v) is 8.58. The summed E-state index contributed by atoms with van der Waals surface area (Å²) in [7, 11) is 0. The van der Waals surface area contributed by atoms with Gasteiger partial charge in [0.25, 0.3) is 0 Å². The van der Waals surface area contributed by atoms with E-state index in [1.165, 1.54) is 12.8 Å². The van der Waals surface area contributed by atoms with Crippen molar-refractivity contribution in [2.45, 2.75) is 43.6 Å². The molecule has 0 saturated carbocycles. The molecule has 3 rings (SSSR count). The molecule has 0 aromatic carbocycles. The van der Waals surface area contributed by atoms with Gasteiger partial charge in [-0.15, -0.1) is 0 Å². The number of anilines is 2. The molecule has 1 aromatic rings. The average Bonchev–Trinajstić information content (AvgIpc) is 2.83. The van der Waals surface area contributed by atoms with E-state index in [1.807, 2.05) is 6.26 Å². The second-order valence-electron chi connectivity index (χ2n) is 5.39. The van der Waals surface area contributed by atoms with Crippen LogP contribution in [-0.2, 0) is 4.74 Å². The number of nitrogens with zero attached hydrogens (tertiary/aromatic N) is 3. The van der Waals surface area contributed by atoms with Crippen LogP contribution in [0.1, 0.15) is 26.2 Å². The van der Waals surface area contributed by atoms with Gasteiger partial charge in [-0.1, -0.05) is 18.7 Å². The Balaban J connectivity index is 1.80. The molecule has 2 fully saturated rings. The summed E-state index contributed by atoms with van der Waals surface area (Å²) >= 11 is 1.59. The molecule has 2 aliphatic rings. The summed E-state index contributed by atoms with van der Waals surface area (Å²) in [4.78, 5) is 11.5. The van der Waals surface area contributed by atoms with Crippen LogP contribution in [0.5, 0.6) is 0 Å². The Morgan fingerprint density at radius 3 is 2.75 bits per heavy atom. The normalized spacial score (nSPS) is 25.0. The summed E-state index contributed by atoms with van der Waals surface area (Å²) in [6.45, 7) is 5.01. The summed E-state index contributed by atoms with van der Waals surface area (Å²) < 4.78 is 5.89. The molecule has 2 unspecified atom stereocenters. The zero-order valence-corrected chi connectivity index (χ0v) is 12.9. The molecule has 0 radical (unpaired) electrons. The van der Waals surface area contributed by atoms with E-state index in [9.17, 15) is 0 Å². The van der Waals surface area contributed by atoms with Crippen LogP contribution in [-0.4, -0.2) is 48.1 Å². The maximum atomic E-state index is 5.89. The number of thioether (sulfide) groups is 1. The average molecular weight is 294 g/mol. The lowest BCUT2D eigenvalue weighted by Crippen LogP contribution is -2.43. The summed E-state index contributed by atoms with van der Waals surface area (Å²) in [5.74, 6) is 1.96. The second kappa shape index (κ2) is 6.18. The minimum atomic E-state index is 0.383. The SMILES string of the molecule is CCCNc1cc(N2CC3CCC(C2)O3)nc(SC)n1. The van der Waals surface area contributed by atoms with Gasteiger partial charge in [0, 0.05) is 25.7 Å². The molecule has 1 aromatic heterocycles. The zero-order chi connectivity index (χ0) is 13.9. The lowest BCUT2D eigenvalue weighted by molar-refractivity contribution is 0.0302. The molecular formula is C14H22N4OS. The Morgan fingerprint density at radius 1 is 1.35 bits per heavy atom. The van der Waals surface area contributed by atoms with Crippen molar-refractivity contribution < 1.29 is 4.74 Å². The Morgan fingerprint density at radius 2 is 2.10 bits per heavy atom. The Hall–Kier alpha value is -1.01. The van der Waals surface area contributed by atoms with E-state index in [1.54, 1.807) is 11.8 Å². The molecule has 2 saturated heterocycles. The minimum absolute atomic E-state index is 0.383. The third kappa shape index (κ3) is 3.01. The van der Waals surface area contributed by atoms with Crippen LogP contribution in [0.3, 0.4) is 0 Å². The molecule has 3 heterocycles. The van der Waals surface area contributed by atoms with Crippen LogP contribution in [0.15, 0.2) is 11.2 Å². The number of rotatable bonds is 5. The zero-order valence-electron chi connectivity index (χ0n) is 12.1. The second-order valence-corrected chi connectivity index (χ2v) is 6.16. The van der Waals surface area contributed by atoms with E-state index >= 15 is 0 Å². The monoisotopic (exact) mass is 294 g/mol. The van der Waals surface area contributed by atoms with Gasteiger partial charge in [-0.25, -0.2) is 9.97 Å². The molecule has 0 aliphatic carbocycles. The van der Waals surface area contributed by atoms with Gasteiger partial charge < -0.3 is 15.0 Å². The van der Waals surface area contributed by atoms with E-state index in [-0.39, 0.29) is 0 Å². The Kier molecular flexibility index (Phi) is 4.31. The van der Waals surface area contributed by atoms with Crippen molar-refractivity contribution in [3.05, 3.63) is 6.07 Å². The van der Waals surface area contributed by atoms with Crippen molar-refractivity contribution in [3.8, 4) is 0 Å². The van der Waals surface area contributed by atoms with E-state index < -0.39 is 0 Å². The standard InChI is InChI=1S/C14H22N4OS/c1-3-6-15-12-7-13(17-14(16-12)20-2)18-8-10-4-5-11(9-18)19-10/h7,10-11H,3-6,8-9H2,1-2H3,(H,15,16,17). The number of morpholine rings is 1. The molecule has 1 N–H and O–H groups in total. The van der Waals surface area contributed by atoms with Gasteiger partial charge >= 0.3 is 0 Å². The third-order valence-electron chi connectivity index (χ3n) is 3.80. The number of ether oxygens (including phenoxy) is 1. The van der Waals surface area contributed by atoms with Crippen molar-refractivity contribution in [2.75, 3.05) is 36.1 Å². The van der Waals surface area contributed by atoms with Crippen molar-refractivity contribution in [3.63, 3.8) is 0 Å². The lowest BCUT2D eigenvalue weighted by Gasteiger charge is -2.33. The molecule has 0 spiro atoms. The highest BCUT2D eigenvalue weighted by molar-refractivity contribution is 7.98. The number of hydrogen-bond acceptors (Lipinski definition) is 6. The highest BCUT2D eigenvalue weighted by atomic mass is 32.2. The van der Waals surface area contributed by atoms with Crippen molar-refractivity contribution >= 4 is 23.4 Å². The first-order chi connectivity index (χ1) is 9.78. The molecule has 110 valence electrons. The van der Waals surface area contributed by atoms with Crippen LogP contribution in [0.4, 0.5) is 11.6 Å². The Labute approximate surface area is 124 Å². The maximum absolute atomic E-state index is 5.89. The largest absolute Gasteiger partial charge is 0.371 e. The third-order valence-corrected chi connectivity index (χ3v) is 4.35. The number of fused-ring (bicyclic) bond motifs is 2. The van der Waals surface area contributed by atoms with Crippen LogP contribution < -0.4 is 10.2 Å². The quantitative estimate of drug-likeness (QED) is 0.665. The fourth-order valence-corrected chi connectivity index (χ4v) is 3.19. The van der Waals surface area contributed by atoms with Crippen LogP contribution in [0, 0.1) is 0 Å². The molecule has 6 heteroatoms. The maximum Gasteiger partial charge on any atom is 0.191 e. The fraction of sp³-hybridized carbons (Fsp3) is 0.714. The predicted octanol–water partition coefficient (Wildman–Crippen LogP) is 2.39. The van der Waals surface area contributed by atoms with Gasteiger partial charge in [-0.3, -0.25) is 0 Å². The first-order valence-electron chi connectivity index (χ1n) is 7.36. The highest BCUT2D eigenvalue weighted by Crippen LogP contribution is 2.30. The smallest absolute Gasteiger partial charge is 0.191 e. The molecule has 5 nitrogen and oxygen atoms in total. The first kappa shape index (κ1) is 13.9. The summed E-state index contributed by atoms with van der Waals surface area (Å²) in [6, 6.07) is 2.07. The van der Waals surface area contributed by atoms with Gasteiger partial charge in [-0.05, 0) is 25.5 Å². The predicted molar refractivity (Wildman–Crippen MR) is 82.7 cm³/mol. The molecular weight excluding hydrogens is 272 g/mol. The number of aromatic nitrogens is 2. The number of hydrogen-bond donors (Lipinski definition) is 1. The van der Waals surface area contributed by atoms with Gasteiger partial charge in [0.2, 0.25) is 0 Å². The van der Waals surface area contributed by atoms with Gasteiger partial charge in [0.1, 0.15) is 11.6 Å². The summed E-state index contributed by atoms with van der Waals surface area (Å²) in [5.41, 5.74) is 0. The van der Waals surface area contributed by atoms with Gasteiger partial charge in [0.15, 0.2) is 5.16 Å². The van der Waals surface area contributed by atoms with Crippen molar-refractivity contribution in [1.82, 2.24) is 9.97 Å². The van der Waals surface area contributed by atoms with Crippen molar-refractivity contribution in [1.29, 1.82) is 0 Å². The summed E-state index contributed by atoms with van der Waals surface area (Å²) in [5, 5.41) is 4.20. The van der Waals surface area contributed by atoms with Gasteiger partial charge in [0.05, 0.1) is 12.2 Å². The van der Waals surface area contributed by atoms with E-state index in [2.05, 4.69) is 33.2 Å². The lowest BCUT2D eigenvalue weighted by atomic mass is 10.2. The molecule has 2 aliphatic heterocycles. The van der Waals surface area contributed by atoms with E-state index in [4.69, 9.17) is 4.74 Å². The number of nitrogens with one attached hydrogen (secondary N) is 1. The molecule has 20 heavy (non-hydrogen) atoms. The highest BCUT2D eigenvalue weighted by Gasteiger charge is 2.34. The Bertz CT molecular complexity index is 458. The van der Waals surface area contributed by atoms with Crippen LogP contribution in [0.2, 0.25) is 0 Å². The molecule has 2 atom stereocenters. The van der Waals surface area contributed by atoms with Crippen LogP contribution >= 0.6 is 11.8 Å². The summed E-state index contributed by atoms with van der Waals surface area (Å²) in [6.07, 6.45) is 6.24. The van der Waals surface area contributed by atoms with E-state index in [0.29, 0.717) is 12.2 Å². The van der Waals surface area contributed by atoms with Gasteiger partial charge in [-0.2, -0.15) is 0 Å². The van der Waals surface area contributed by atoms with E-state index in [0.717, 1.165) is 42.8 Å². The molecule has 0 amide bonds. The van der Waals surface area contributed by atoms with Crippen LogP contribution in [0.25, 0.3) is 0 Å². The fourth-order valence-electron chi connectivity index (χ4n) is 2.81. The molecule has 2 bridgehead atoms. The van der Waals surface area contributed by atoms with Crippen molar-refractivity contribution in [2.24, 2.45) is 0 Å². The minimum Gasteiger partial charge on any atom is -0.371 e.